The molecule has 1 aromatic carbocycles. The van der Waals surface area contributed by atoms with Crippen molar-refractivity contribution in [3.63, 3.8) is 0 Å². The van der Waals surface area contributed by atoms with Crippen LogP contribution in [0.25, 0.3) is 0 Å². The molecular weight excluding hydrogens is 243 g/mol. The number of primary amides is 1. The van der Waals surface area contributed by atoms with Gasteiger partial charge in [0.15, 0.2) is 0 Å². The average Bonchev–Trinajstić information content (AvgIpc) is 2.31. The predicted molar refractivity (Wildman–Crippen MR) is 76.5 cm³/mol. The Balaban J connectivity index is 2.59. The minimum atomic E-state index is -0.432. The average molecular weight is 266 g/mol. The van der Waals surface area contributed by atoms with E-state index in [0.29, 0.717) is 12.1 Å². The molecule has 4 heteroatoms. The summed E-state index contributed by atoms with van der Waals surface area (Å²) in [7, 11) is 0. The predicted octanol–water partition coefficient (Wildman–Crippen LogP) is 3.37. The monoisotopic (exact) mass is 266 g/mol. The van der Waals surface area contributed by atoms with Crippen LogP contribution in [0, 0.1) is 12.7 Å². The van der Waals surface area contributed by atoms with Crippen molar-refractivity contribution in [3.8, 4) is 0 Å². The zero-order valence-corrected chi connectivity index (χ0v) is 11.7. The largest absolute Gasteiger partial charge is 0.374 e. The minimum Gasteiger partial charge on any atom is -0.374 e. The van der Waals surface area contributed by atoms with Crippen LogP contribution in [0.4, 0.5) is 10.1 Å². The van der Waals surface area contributed by atoms with Gasteiger partial charge in [-0.25, -0.2) is 4.39 Å². The van der Waals surface area contributed by atoms with Crippen molar-refractivity contribution in [1.29, 1.82) is 0 Å². The van der Waals surface area contributed by atoms with Crippen LogP contribution in [0.2, 0.25) is 0 Å². The lowest BCUT2D eigenvalue weighted by molar-refractivity contribution is -0.118. The summed E-state index contributed by atoms with van der Waals surface area (Å²) in [5.41, 5.74) is 6.80. The maximum atomic E-state index is 13.3. The molecule has 0 bridgehead atoms. The van der Waals surface area contributed by atoms with E-state index < -0.39 is 11.9 Å². The molecular formula is C15H23FN2O. The SMILES string of the molecule is CCCCCCC(Nc1cc(C)cc(F)c1)C(N)=O. The van der Waals surface area contributed by atoms with Crippen LogP contribution in [0.3, 0.4) is 0 Å². The number of hydrogen-bond donors (Lipinski definition) is 2. The van der Waals surface area contributed by atoms with Crippen LogP contribution in [0.5, 0.6) is 0 Å². The van der Waals surface area contributed by atoms with E-state index in [1.165, 1.54) is 12.1 Å². The number of unbranched alkanes of at least 4 members (excludes halogenated alkanes) is 3. The van der Waals surface area contributed by atoms with Crippen LogP contribution in [-0.2, 0) is 4.79 Å². The van der Waals surface area contributed by atoms with Crippen molar-refractivity contribution in [1.82, 2.24) is 0 Å². The molecule has 1 unspecified atom stereocenters. The fourth-order valence-electron chi connectivity index (χ4n) is 2.08. The molecule has 0 aliphatic rings. The maximum Gasteiger partial charge on any atom is 0.239 e. The van der Waals surface area contributed by atoms with Gasteiger partial charge < -0.3 is 11.1 Å². The molecule has 0 fully saturated rings. The van der Waals surface area contributed by atoms with Gasteiger partial charge in [0.2, 0.25) is 5.91 Å². The summed E-state index contributed by atoms with van der Waals surface area (Å²) in [5, 5.41) is 3.02. The number of amides is 1. The number of halogens is 1. The molecule has 0 radical (unpaired) electrons. The number of anilines is 1. The Bertz CT molecular complexity index is 400. The number of nitrogens with two attached hydrogens (primary N) is 1. The summed E-state index contributed by atoms with van der Waals surface area (Å²) in [6.07, 6.45) is 5.03. The van der Waals surface area contributed by atoms with Crippen molar-refractivity contribution in [2.75, 3.05) is 5.32 Å². The lowest BCUT2D eigenvalue weighted by Gasteiger charge is -2.17. The molecule has 0 aliphatic heterocycles. The summed E-state index contributed by atoms with van der Waals surface area (Å²) >= 11 is 0. The standard InChI is InChI=1S/C15H23FN2O/c1-3-4-5-6-7-14(15(17)19)18-13-9-11(2)8-12(16)10-13/h8-10,14,18H,3-7H2,1-2H3,(H2,17,19). The molecule has 1 atom stereocenters. The highest BCUT2D eigenvalue weighted by Crippen LogP contribution is 2.16. The molecule has 0 spiro atoms. The zero-order chi connectivity index (χ0) is 14.3. The van der Waals surface area contributed by atoms with Crippen molar-refractivity contribution in [2.24, 2.45) is 5.73 Å². The quantitative estimate of drug-likeness (QED) is 0.709. The Kier molecular flexibility index (Phi) is 6.33. The van der Waals surface area contributed by atoms with Crippen LogP contribution in [0.15, 0.2) is 18.2 Å². The van der Waals surface area contributed by atoms with Crippen molar-refractivity contribution in [2.45, 2.75) is 52.0 Å². The van der Waals surface area contributed by atoms with E-state index in [9.17, 15) is 9.18 Å². The number of carbonyl (C=O) groups excluding carboxylic acids is 1. The molecule has 0 aromatic heterocycles. The number of carbonyl (C=O) groups is 1. The second kappa shape index (κ2) is 7.77. The fraction of sp³-hybridized carbons (Fsp3) is 0.533. The van der Waals surface area contributed by atoms with Crippen LogP contribution in [-0.4, -0.2) is 11.9 Å². The van der Waals surface area contributed by atoms with E-state index >= 15 is 0 Å². The third-order valence-corrected chi connectivity index (χ3v) is 3.07. The maximum absolute atomic E-state index is 13.3. The van der Waals surface area contributed by atoms with Crippen molar-refractivity contribution < 1.29 is 9.18 Å². The van der Waals surface area contributed by atoms with Gasteiger partial charge in [0.05, 0.1) is 0 Å². The minimum absolute atomic E-state index is 0.309. The van der Waals surface area contributed by atoms with E-state index in [0.717, 1.165) is 31.2 Å². The molecule has 1 aromatic rings. The van der Waals surface area contributed by atoms with Crippen molar-refractivity contribution >= 4 is 11.6 Å². The van der Waals surface area contributed by atoms with Crippen molar-refractivity contribution in [3.05, 3.63) is 29.6 Å². The molecule has 19 heavy (non-hydrogen) atoms. The second-order valence-corrected chi connectivity index (χ2v) is 4.97. The molecule has 106 valence electrons. The molecule has 3 nitrogen and oxygen atoms in total. The summed E-state index contributed by atoms with van der Waals surface area (Å²) < 4.78 is 13.3. The van der Waals surface area contributed by atoms with Crippen LogP contribution < -0.4 is 11.1 Å². The third-order valence-electron chi connectivity index (χ3n) is 3.07. The first-order valence-electron chi connectivity index (χ1n) is 6.86. The van der Waals surface area contributed by atoms with Gasteiger partial charge in [-0.05, 0) is 37.1 Å². The van der Waals surface area contributed by atoms with Gasteiger partial charge in [-0.1, -0.05) is 32.6 Å². The normalized spacial score (nSPS) is 12.2. The second-order valence-electron chi connectivity index (χ2n) is 4.97. The number of nitrogens with one attached hydrogen (secondary N) is 1. The topological polar surface area (TPSA) is 55.1 Å². The van der Waals surface area contributed by atoms with E-state index in [-0.39, 0.29) is 5.82 Å². The third kappa shape index (κ3) is 5.73. The smallest absolute Gasteiger partial charge is 0.239 e. The Morgan fingerprint density at radius 3 is 2.63 bits per heavy atom. The van der Waals surface area contributed by atoms with Crippen LogP contribution in [0.1, 0.15) is 44.6 Å². The first-order chi connectivity index (χ1) is 9.02. The first kappa shape index (κ1) is 15.5. The van der Waals surface area contributed by atoms with Crippen LogP contribution >= 0.6 is 0 Å². The van der Waals surface area contributed by atoms with Gasteiger partial charge in [-0.15, -0.1) is 0 Å². The highest BCUT2D eigenvalue weighted by molar-refractivity contribution is 5.82. The summed E-state index contributed by atoms with van der Waals surface area (Å²) in [4.78, 5) is 11.4. The molecule has 3 N–H and O–H groups in total. The van der Waals surface area contributed by atoms with E-state index in [2.05, 4.69) is 12.2 Å². The fourth-order valence-corrected chi connectivity index (χ4v) is 2.08. The Morgan fingerprint density at radius 1 is 1.32 bits per heavy atom. The molecule has 0 saturated carbocycles. The summed E-state index contributed by atoms with van der Waals surface area (Å²) in [6, 6.07) is 4.21. The van der Waals surface area contributed by atoms with E-state index in [4.69, 9.17) is 5.73 Å². The van der Waals surface area contributed by atoms with E-state index in [1.54, 1.807) is 0 Å². The van der Waals surface area contributed by atoms with Gasteiger partial charge in [0.25, 0.3) is 0 Å². The first-order valence-corrected chi connectivity index (χ1v) is 6.86. The molecule has 0 saturated heterocycles. The van der Waals surface area contributed by atoms with E-state index in [1.807, 2.05) is 13.0 Å². The lowest BCUT2D eigenvalue weighted by Crippen LogP contribution is -2.35. The van der Waals surface area contributed by atoms with Gasteiger partial charge in [-0.3, -0.25) is 4.79 Å². The molecule has 0 heterocycles. The molecule has 1 amide bonds. The Morgan fingerprint density at radius 2 is 2.05 bits per heavy atom. The lowest BCUT2D eigenvalue weighted by atomic mass is 10.1. The Labute approximate surface area is 114 Å². The molecule has 1 rings (SSSR count). The summed E-state index contributed by atoms with van der Waals surface area (Å²) in [5.74, 6) is -0.699. The zero-order valence-electron chi connectivity index (χ0n) is 11.7. The number of hydrogen-bond acceptors (Lipinski definition) is 2. The van der Waals surface area contributed by atoms with Gasteiger partial charge in [0, 0.05) is 5.69 Å². The highest BCUT2D eigenvalue weighted by Gasteiger charge is 2.14. The molecule has 0 aliphatic carbocycles. The number of benzene rings is 1. The summed E-state index contributed by atoms with van der Waals surface area (Å²) in [6.45, 7) is 3.95. The number of rotatable bonds is 8. The Hall–Kier alpha value is -1.58. The van der Waals surface area contributed by atoms with Gasteiger partial charge >= 0.3 is 0 Å². The highest BCUT2D eigenvalue weighted by atomic mass is 19.1. The van der Waals surface area contributed by atoms with Gasteiger partial charge in [0.1, 0.15) is 11.9 Å². The number of aryl methyl sites for hydroxylation is 1. The van der Waals surface area contributed by atoms with Gasteiger partial charge in [-0.2, -0.15) is 0 Å².